The standard InChI is InChI=1S/C16H17N3O4S3/c1-6(20)10-8-4-7(11(15(22)23)19(8)13(10)21)9-5-18-14(26-9)12(24-2)17-16(18)25-3/h5-6,8,10,20H,4H2,1-3H3,(H,22,23)/t6-,8-,10-/m1/s1. The van der Waals surface area contributed by atoms with Gasteiger partial charge in [0.15, 0.2) is 5.16 Å². The Balaban J connectivity index is 1.82. The van der Waals surface area contributed by atoms with Crippen LogP contribution in [0.15, 0.2) is 22.1 Å². The number of fused-ring (bicyclic) bond motifs is 2. The van der Waals surface area contributed by atoms with Crippen LogP contribution in [0.2, 0.25) is 0 Å². The molecule has 1 amide bonds. The maximum Gasteiger partial charge on any atom is 0.352 e. The second-order valence-electron chi connectivity index (χ2n) is 6.26. The van der Waals surface area contributed by atoms with Crippen molar-refractivity contribution < 1.29 is 19.8 Å². The highest BCUT2D eigenvalue weighted by Gasteiger charge is 2.57. The summed E-state index contributed by atoms with van der Waals surface area (Å²) in [5.41, 5.74) is 0.706. The summed E-state index contributed by atoms with van der Waals surface area (Å²) in [6.07, 6.45) is 5.48. The molecule has 0 aliphatic carbocycles. The van der Waals surface area contributed by atoms with Crippen LogP contribution in [-0.4, -0.2) is 61.0 Å². The number of aliphatic hydroxyl groups is 1. The van der Waals surface area contributed by atoms with Gasteiger partial charge in [-0.25, -0.2) is 9.78 Å². The molecule has 138 valence electrons. The zero-order valence-corrected chi connectivity index (χ0v) is 16.7. The van der Waals surface area contributed by atoms with E-state index < -0.39 is 18.0 Å². The summed E-state index contributed by atoms with van der Waals surface area (Å²) in [7, 11) is 0. The average molecular weight is 412 g/mol. The summed E-state index contributed by atoms with van der Waals surface area (Å²) in [6.45, 7) is 1.58. The number of hydrogen-bond acceptors (Lipinski definition) is 7. The van der Waals surface area contributed by atoms with Crippen LogP contribution in [0.25, 0.3) is 10.4 Å². The Hall–Kier alpha value is -1.49. The highest BCUT2D eigenvalue weighted by atomic mass is 32.2. The molecule has 0 aromatic carbocycles. The van der Waals surface area contributed by atoms with Crippen molar-refractivity contribution in [3.8, 4) is 0 Å². The minimum absolute atomic E-state index is 0.0470. The first-order valence-electron chi connectivity index (χ1n) is 7.96. The number of aromatic nitrogens is 2. The van der Waals surface area contributed by atoms with Crippen molar-refractivity contribution in [2.45, 2.75) is 35.7 Å². The first-order chi connectivity index (χ1) is 12.4. The quantitative estimate of drug-likeness (QED) is 0.575. The van der Waals surface area contributed by atoms with Crippen molar-refractivity contribution in [3.05, 3.63) is 16.8 Å². The van der Waals surface area contributed by atoms with Gasteiger partial charge in [-0.2, -0.15) is 0 Å². The smallest absolute Gasteiger partial charge is 0.352 e. The van der Waals surface area contributed by atoms with E-state index in [0.717, 1.165) is 19.9 Å². The number of carboxylic acids is 1. The second kappa shape index (κ2) is 6.29. The van der Waals surface area contributed by atoms with Crippen molar-refractivity contribution in [1.29, 1.82) is 0 Å². The maximum absolute atomic E-state index is 12.3. The van der Waals surface area contributed by atoms with Gasteiger partial charge in [-0.3, -0.25) is 9.20 Å². The third-order valence-corrected chi connectivity index (χ3v) is 7.47. The summed E-state index contributed by atoms with van der Waals surface area (Å²) in [5.74, 6) is -1.94. The number of aliphatic hydroxyl groups excluding tert-OH is 1. The number of rotatable bonds is 5. The summed E-state index contributed by atoms with van der Waals surface area (Å²) in [6, 6.07) is -0.275. The zero-order chi connectivity index (χ0) is 18.7. The predicted molar refractivity (Wildman–Crippen MR) is 102 cm³/mol. The van der Waals surface area contributed by atoms with Crippen LogP contribution in [-0.2, 0) is 9.59 Å². The lowest BCUT2D eigenvalue weighted by Gasteiger charge is -2.44. The van der Waals surface area contributed by atoms with E-state index in [2.05, 4.69) is 4.98 Å². The van der Waals surface area contributed by atoms with Gasteiger partial charge in [0.1, 0.15) is 15.6 Å². The van der Waals surface area contributed by atoms with Gasteiger partial charge in [-0.05, 0) is 25.9 Å². The molecule has 26 heavy (non-hydrogen) atoms. The molecular formula is C16H17N3O4S3. The van der Waals surface area contributed by atoms with E-state index in [1.54, 1.807) is 18.7 Å². The zero-order valence-electron chi connectivity index (χ0n) is 14.3. The van der Waals surface area contributed by atoms with Gasteiger partial charge < -0.3 is 15.1 Å². The van der Waals surface area contributed by atoms with Crippen LogP contribution in [0.5, 0.6) is 0 Å². The Kier molecular flexibility index (Phi) is 4.33. The van der Waals surface area contributed by atoms with Crippen LogP contribution >= 0.6 is 34.9 Å². The number of carbonyl (C=O) groups is 2. The minimum Gasteiger partial charge on any atom is -0.477 e. The fourth-order valence-corrected chi connectivity index (χ4v) is 6.24. The SMILES string of the molecule is CSc1nc(SC)n2cc(C3=C(C(=O)O)N4C(=O)[C@H]([C@@H](C)O)[C@H]4C3)sc12. The average Bonchev–Trinajstić information content (AvgIpc) is 3.23. The number of hydrogen-bond donors (Lipinski definition) is 2. The van der Waals surface area contributed by atoms with E-state index in [9.17, 15) is 19.8 Å². The van der Waals surface area contributed by atoms with E-state index in [0.29, 0.717) is 12.0 Å². The van der Waals surface area contributed by atoms with Crippen LogP contribution in [0.4, 0.5) is 0 Å². The molecule has 2 aromatic rings. The predicted octanol–water partition coefficient (Wildman–Crippen LogP) is 2.25. The normalized spacial score (nSPS) is 23.5. The Morgan fingerprint density at radius 1 is 1.42 bits per heavy atom. The highest BCUT2D eigenvalue weighted by Crippen LogP contribution is 2.48. The molecule has 2 aromatic heterocycles. The van der Waals surface area contributed by atoms with Crippen molar-refractivity contribution in [2.24, 2.45) is 5.92 Å². The Morgan fingerprint density at radius 3 is 2.73 bits per heavy atom. The third kappa shape index (κ3) is 2.35. The lowest BCUT2D eigenvalue weighted by molar-refractivity contribution is -0.161. The van der Waals surface area contributed by atoms with Crippen LogP contribution in [0, 0.1) is 5.92 Å². The molecule has 4 heterocycles. The first kappa shape index (κ1) is 17.9. The number of aliphatic carboxylic acids is 1. The molecule has 0 radical (unpaired) electrons. The Bertz CT molecular complexity index is 925. The van der Waals surface area contributed by atoms with Gasteiger partial charge in [0.2, 0.25) is 5.91 Å². The van der Waals surface area contributed by atoms with Gasteiger partial charge in [-0.15, -0.1) is 23.1 Å². The molecule has 4 rings (SSSR count). The molecule has 7 nitrogen and oxygen atoms in total. The highest BCUT2D eigenvalue weighted by molar-refractivity contribution is 7.99. The molecule has 2 N–H and O–H groups in total. The molecule has 0 bridgehead atoms. The van der Waals surface area contributed by atoms with E-state index in [4.69, 9.17) is 0 Å². The van der Waals surface area contributed by atoms with Crippen molar-refractivity contribution in [1.82, 2.24) is 14.3 Å². The topological polar surface area (TPSA) is 95.1 Å². The number of carboxylic acid groups (broad SMARTS) is 1. The number of imidazole rings is 1. The number of amides is 1. The molecule has 10 heteroatoms. The molecule has 0 saturated carbocycles. The maximum atomic E-state index is 12.3. The van der Waals surface area contributed by atoms with E-state index in [1.165, 1.54) is 28.0 Å². The van der Waals surface area contributed by atoms with Gasteiger partial charge in [0.05, 0.1) is 22.9 Å². The van der Waals surface area contributed by atoms with Gasteiger partial charge >= 0.3 is 5.97 Å². The molecule has 3 atom stereocenters. The van der Waals surface area contributed by atoms with Gasteiger partial charge in [-0.1, -0.05) is 11.8 Å². The van der Waals surface area contributed by atoms with Crippen molar-refractivity contribution in [2.75, 3.05) is 12.5 Å². The van der Waals surface area contributed by atoms with Crippen molar-refractivity contribution >= 4 is 57.1 Å². The molecule has 0 unspecified atom stereocenters. The number of thiazole rings is 1. The molecule has 1 fully saturated rings. The van der Waals surface area contributed by atoms with Crippen LogP contribution < -0.4 is 0 Å². The molecular weight excluding hydrogens is 394 g/mol. The van der Waals surface area contributed by atoms with Crippen LogP contribution in [0.1, 0.15) is 18.2 Å². The fraction of sp³-hybridized carbons (Fsp3) is 0.438. The molecule has 2 aliphatic heterocycles. The first-order valence-corrected chi connectivity index (χ1v) is 11.2. The third-order valence-electron chi connectivity index (χ3n) is 4.86. The second-order valence-corrected chi connectivity index (χ2v) is 8.86. The summed E-state index contributed by atoms with van der Waals surface area (Å²) in [4.78, 5) is 31.9. The fourth-order valence-electron chi connectivity index (χ4n) is 3.74. The largest absolute Gasteiger partial charge is 0.477 e. The summed E-state index contributed by atoms with van der Waals surface area (Å²) >= 11 is 4.57. The van der Waals surface area contributed by atoms with E-state index >= 15 is 0 Å². The number of carbonyl (C=O) groups excluding carboxylic acids is 1. The minimum atomic E-state index is -1.11. The van der Waals surface area contributed by atoms with Crippen molar-refractivity contribution in [3.63, 3.8) is 0 Å². The molecule has 2 aliphatic rings. The summed E-state index contributed by atoms with van der Waals surface area (Å²) < 4.78 is 1.98. The molecule has 1 saturated heterocycles. The van der Waals surface area contributed by atoms with Gasteiger partial charge in [0, 0.05) is 11.8 Å². The van der Waals surface area contributed by atoms with Gasteiger partial charge in [0.25, 0.3) is 0 Å². The summed E-state index contributed by atoms with van der Waals surface area (Å²) in [5, 5.41) is 21.3. The molecule has 0 spiro atoms. The van der Waals surface area contributed by atoms with E-state index in [1.807, 2.05) is 23.1 Å². The number of thioether (sulfide) groups is 2. The van der Waals surface area contributed by atoms with Crippen LogP contribution in [0.3, 0.4) is 0 Å². The Morgan fingerprint density at radius 2 is 2.15 bits per heavy atom. The lowest BCUT2D eigenvalue weighted by Crippen LogP contribution is -2.61. The number of nitrogens with zero attached hydrogens (tertiary/aromatic N) is 3. The lowest BCUT2D eigenvalue weighted by atomic mass is 9.83. The monoisotopic (exact) mass is 411 g/mol. The Labute approximate surface area is 162 Å². The number of β-lactam (4-membered cyclic amide) rings is 1. The van der Waals surface area contributed by atoms with E-state index in [-0.39, 0.29) is 17.6 Å².